The molecule has 0 aromatic rings. The van der Waals surface area contributed by atoms with Gasteiger partial charge in [-0.05, 0) is 31.9 Å². The minimum atomic E-state index is 0.237. The average Bonchev–Trinajstić information content (AvgIpc) is 2.67. The van der Waals surface area contributed by atoms with Gasteiger partial charge < -0.3 is 5.73 Å². The fourth-order valence-corrected chi connectivity index (χ4v) is 5.07. The van der Waals surface area contributed by atoms with Crippen LogP contribution in [0.15, 0.2) is 0 Å². The summed E-state index contributed by atoms with van der Waals surface area (Å²) in [5.41, 5.74) is 6.32. The van der Waals surface area contributed by atoms with E-state index in [9.17, 15) is 0 Å². The monoisotopic (exact) mass is 262 g/mol. The second-order valence-electron chi connectivity index (χ2n) is 4.70. The van der Waals surface area contributed by atoms with Crippen molar-refractivity contribution < 1.29 is 0 Å². The van der Waals surface area contributed by atoms with Gasteiger partial charge in [0.2, 0.25) is 0 Å². The van der Waals surface area contributed by atoms with Gasteiger partial charge in [0.05, 0.1) is 0 Å². The van der Waals surface area contributed by atoms with Crippen LogP contribution in [0.2, 0.25) is 0 Å². The van der Waals surface area contributed by atoms with E-state index in [2.05, 4.69) is 43.8 Å². The molecule has 0 amide bonds. The first-order valence-corrected chi connectivity index (χ1v) is 8.60. The van der Waals surface area contributed by atoms with Crippen molar-refractivity contribution in [2.75, 3.05) is 31.4 Å². The lowest BCUT2D eigenvalue weighted by Crippen LogP contribution is -2.59. The number of thioether (sulfide) groups is 2. The Labute approximate surface area is 109 Å². The van der Waals surface area contributed by atoms with Crippen molar-refractivity contribution >= 4 is 23.5 Å². The fraction of sp³-hybridized carbons (Fsp3) is 1.00. The van der Waals surface area contributed by atoms with Crippen molar-refractivity contribution in [3.8, 4) is 0 Å². The summed E-state index contributed by atoms with van der Waals surface area (Å²) in [5.74, 6) is 2.48. The molecule has 96 valence electrons. The van der Waals surface area contributed by atoms with Crippen LogP contribution in [0.4, 0.5) is 0 Å². The number of rotatable bonds is 6. The molecule has 0 saturated carbocycles. The van der Waals surface area contributed by atoms with E-state index in [1.54, 1.807) is 0 Å². The third kappa shape index (κ3) is 2.71. The van der Waals surface area contributed by atoms with Gasteiger partial charge in [0.25, 0.3) is 0 Å². The van der Waals surface area contributed by atoms with Crippen LogP contribution < -0.4 is 5.73 Å². The van der Waals surface area contributed by atoms with Crippen molar-refractivity contribution in [2.45, 2.75) is 43.5 Å². The van der Waals surface area contributed by atoms with Gasteiger partial charge in [0.15, 0.2) is 0 Å². The summed E-state index contributed by atoms with van der Waals surface area (Å²) in [6.45, 7) is 5.42. The Bertz CT molecular complexity index is 213. The number of hydrogen-bond acceptors (Lipinski definition) is 4. The van der Waals surface area contributed by atoms with E-state index in [0.717, 1.165) is 6.54 Å². The molecule has 0 aromatic heterocycles. The maximum absolute atomic E-state index is 6.09. The SMILES string of the molecule is CCC(CSC)N(C)C1(CN)CCSC1C. The summed E-state index contributed by atoms with van der Waals surface area (Å²) >= 11 is 4.02. The average molecular weight is 262 g/mol. The zero-order valence-electron chi connectivity index (χ0n) is 11.0. The Morgan fingerprint density at radius 3 is 2.69 bits per heavy atom. The molecule has 2 N–H and O–H groups in total. The molecule has 3 unspecified atom stereocenters. The molecule has 0 radical (unpaired) electrons. The lowest BCUT2D eigenvalue weighted by atomic mass is 9.89. The Hall–Kier alpha value is 0.620. The highest BCUT2D eigenvalue weighted by molar-refractivity contribution is 8.00. The fourth-order valence-electron chi connectivity index (χ4n) is 2.71. The van der Waals surface area contributed by atoms with Gasteiger partial charge >= 0.3 is 0 Å². The first-order valence-electron chi connectivity index (χ1n) is 6.16. The van der Waals surface area contributed by atoms with Gasteiger partial charge in [-0.25, -0.2) is 0 Å². The largest absolute Gasteiger partial charge is 0.329 e. The van der Waals surface area contributed by atoms with E-state index in [4.69, 9.17) is 5.73 Å². The van der Waals surface area contributed by atoms with Gasteiger partial charge in [-0.15, -0.1) is 0 Å². The molecular formula is C12H26N2S2. The lowest BCUT2D eigenvalue weighted by Gasteiger charge is -2.45. The van der Waals surface area contributed by atoms with Crippen molar-refractivity contribution in [2.24, 2.45) is 5.73 Å². The summed E-state index contributed by atoms with van der Waals surface area (Å²) in [6, 6.07) is 0.666. The summed E-state index contributed by atoms with van der Waals surface area (Å²) in [6.07, 6.45) is 4.66. The number of likely N-dealkylation sites (N-methyl/N-ethyl adjacent to an activating group) is 1. The van der Waals surface area contributed by atoms with Crippen LogP contribution in [0.25, 0.3) is 0 Å². The number of nitrogens with zero attached hydrogens (tertiary/aromatic N) is 1. The minimum Gasteiger partial charge on any atom is -0.329 e. The Kier molecular flexibility index (Phi) is 5.99. The van der Waals surface area contributed by atoms with Crippen LogP contribution in [0.5, 0.6) is 0 Å². The first kappa shape index (κ1) is 14.7. The van der Waals surface area contributed by atoms with Gasteiger partial charge in [-0.3, -0.25) is 4.90 Å². The Morgan fingerprint density at radius 1 is 1.62 bits per heavy atom. The maximum atomic E-state index is 6.09. The Balaban J connectivity index is 2.78. The topological polar surface area (TPSA) is 29.3 Å². The summed E-state index contributed by atoms with van der Waals surface area (Å²) in [7, 11) is 2.28. The zero-order valence-corrected chi connectivity index (χ0v) is 12.7. The molecule has 2 nitrogen and oxygen atoms in total. The summed E-state index contributed by atoms with van der Waals surface area (Å²) < 4.78 is 0. The molecule has 16 heavy (non-hydrogen) atoms. The molecular weight excluding hydrogens is 236 g/mol. The highest BCUT2D eigenvalue weighted by Gasteiger charge is 2.44. The van der Waals surface area contributed by atoms with E-state index in [1.165, 1.54) is 24.3 Å². The number of hydrogen-bond donors (Lipinski definition) is 1. The predicted octanol–water partition coefficient (Wildman–Crippen LogP) is 2.28. The molecule has 1 aliphatic heterocycles. The highest BCUT2D eigenvalue weighted by Crippen LogP contribution is 2.40. The van der Waals surface area contributed by atoms with Gasteiger partial charge in [0.1, 0.15) is 0 Å². The lowest BCUT2D eigenvalue weighted by molar-refractivity contribution is 0.0882. The summed E-state index contributed by atoms with van der Waals surface area (Å²) in [5, 5.41) is 0.665. The second-order valence-corrected chi connectivity index (χ2v) is 7.06. The molecule has 4 heteroatoms. The van der Waals surface area contributed by atoms with Crippen LogP contribution in [-0.2, 0) is 0 Å². The van der Waals surface area contributed by atoms with Crippen LogP contribution in [-0.4, -0.2) is 53.1 Å². The minimum absolute atomic E-state index is 0.237. The molecule has 1 fully saturated rings. The van der Waals surface area contributed by atoms with Crippen LogP contribution in [0, 0.1) is 0 Å². The number of nitrogens with two attached hydrogens (primary N) is 1. The molecule has 0 aromatic carbocycles. The normalized spacial score (nSPS) is 32.2. The third-order valence-electron chi connectivity index (χ3n) is 4.09. The molecule has 0 aliphatic carbocycles. The molecule has 0 spiro atoms. The molecule has 0 bridgehead atoms. The quantitative estimate of drug-likeness (QED) is 0.795. The van der Waals surface area contributed by atoms with Crippen molar-refractivity contribution in [1.82, 2.24) is 4.90 Å². The van der Waals surface area contributed by atoms with E-state index < -0.39 is 0 Å². The van der Waals surface area contributed by atoms with Crippen LogP contribution >= 0.6 is 23.5 Å². The molecule has 1 rings (SSSR count). The summed E-state index contributed by atoms with van der Waals surface area (Å²) in [4.78, 5) is 2.58. The van der Waals surface area contributed by atoms with Crippen LogP contribution in [0.1, 0.15) is 26.7 Å². The highest BCUT2D eigenvalue weighted by atomic mass is 32.2. The smallest absolute Gasteiger partial charge is 0.0455 e. The molecule has 1 saturated heterocycles. The van der Waals surface area contributed by atoms with Crippen molar-refractivity contribution in [3.63, 3.8) is 0 Å². The maximum Gasteiger partial charge on any atom is 0.0455 e. The first-order chi connectivity index (χ1) is 7.62. The van der Waals surface area contributed by atoms with Crippen molar-refractivity contribution in [3.05, 3.63) is 0 Å². The zero-order chi connectivity index (χ0) is 12.2. The molecule has 1 heterocycles. The van der Waals surface area contributed by atoms with Crippen LogP contribution in [0.3, 0.4) is 0 Å². The van der Waals surface area contributed by atoms with E-state index in [1.807, 2.05) is 11.8 Å². The van der Waals surface area contributed by atoms with Gasteiger partial charge in [-0.2, -0.15) is 23.5 Å². The predicted molar refractivity (Wildman–Crippen MR) is 78.5 cm³/mol. The Morgan fingerprint density at radius 2 is 2.31 bits per heavy atom. The second kappa shape index (κ2) is 6.53. The van der Waals surface area contributed by atoms with Crippen molar-refractivity contribution in [1.29, 1.82) is 0 Å². The van der Waals surface area contributed by atoms with Gasteiger partial charge in [0, 0.05) is 29.1 Å². The molecule has 3 atom stereocenters. The van der Waals surface area contributed by atoms with E-state index in [0.29, 0.717) is 11.3 Å². The van der Waals surface area contributed by atoms with E-state index in [-0.39, 0.29) is 5.54 Å². The molecule has 1 aliphatic rings. The standard InChI is InChI=1S/C12H26N2S2/c1-5-11(8-15-4)14(3)12(9-13)6-7-16-10(12)2/h10-11H,5-9,13H2,1-4H3. The van der Waals surface area contributed by atoms with Gasteiger partial charge in [-0.1, -0.05) is 13.8 Å². The third-order valence-corrected chi connectivity index (χ3v) is 6.19. The van der Waals surface area contributed by atoms with E-state index >= 15 is 0 Å².